The van der Waals surface area contributed by atoms with E-state index in [0.717, 1.165) is 0 Å². The number of carbonyl (C=O) groups excluding carboxylic acids is 2. The van der Waals surface area contributed by atoms with Crippen molar-refractivity contribution in [3.05, 3.63) is 28.0 Å². The molecule has 0 fully saturated rings. The van der Waals surface area contributed by atoms with Crippen molar-refractivity contribution in [3.8, 4) is 0 Å². The van der Waals surface area contributed by atoms with Crippen LogP contribution in [0.2, 0.25) is 10.2 Å². The maximum atomic E-state index is 11.7. The van der Waals surface area contributed by atoms with Crippen LogP contribution in [0.5, 0.6) is 0 Å². The van der Waals surface area contributed by atoms with Crippen LogP contribution < -0.4 is 11.1 Å². The molecule has 7 heteroatoms. The molecule has 2 amide bonds. The standard InChI is InChI=1S/C11H13Cl2N3O2/c12-8-5-7(6-16-10(8)13)11(18)15-4-2-1-3-9(14)17/h5-6H,1-4H2,(H2,14,17)(H,15,18). The Bertz CT molecular complexity index is 452. The van der Waals surface area contributed by atoms with Crippen LogP contribution in [0.4, 0.5) is 0 Å². The van der Waals surface area contributed by atoms with Gasteiger partial charge in [0.2, 0.25) is 5.91 Å². The first-order valence-corrected chi connectivity index (χ1v) is 6.14. The van der Waals surface area contributed by atoms with Crippen LogP contribution in [-0.2, 0) is 4.79 Å². The van der Waals surface area contributed by atoms with Crippen molar-refractivity contribution in [2.75, 3.05) is 6.54 Å². The summed E-state index contributed by atoms with van der Waals surface area (Å²) in [4.78, 5) is 25.9. The normalized spacial score (nSPS) is 10.1. The largest absolute Gasteiger partial charge is 0.370 e. The Morgan fingerprint density at radius 3 is 2.67 bits per heavy atom. The number of amides is 2. The van der Waals surface area contributed by atoms with Gasteiger partial charge in [0, 0.05) is 19.2 Å². The van der Waals surface area contributed by atoms with Crippen LogP contribution in [0, 0.1) is 0 Å². The molecule has 18 heavy (non-hydrogen) atoms. The first-order chi connectivity index (χ1) is 8.50. The van der Waals surface area contributed by atoms with Crippen molar-refractivity contribution in [2.24, 2.45) is 5.73 Å². The lowest BCUT2D eigenvalue weighted by atomic mass is 10.2. The number of nitrogens with two attached hydrogens (primary N) is 1. The highest BCUT2D eigenvalue weighted by Crippen LogP contribution is 2.19. The van der Waals surface area contributed by atoms with Crippen LogP contribution in [0.3, 0.4) is 0 Å². The first kappa shape index (κ1) is 14.7. The molecular formula is C11H13Cl2N3O2. The molecule has 1 aromatic rings. The van der Waals surface area contributed by atoms with Gasteiger partial charge < -0.3 is 11.1 Å². The highest BCUT2D eigenvalue weighted by atomic mass is 35.5. The van der Waals surface area contributed by atoms with E-state index in [1.165, 1.54) is 12.3 Å². The molecule has 1 rings (SSSR count). The maximum absolute atomic E-state index is 11.7. The first-order valence-electron chi connectivity index (χ1n) is 5.38. The topological polar surface area (TPSA) is 85.1 Å². The highest BCUT2D eigenvalue weighted by molar-refractivity contribution is 6.41. The van der Waals surface area contributed by atoms with E-state index in [9.17, 15) is 9.59 Å². The van der Waals surface area contributed by atoms with Gasteiger partial charge in [-0.05, 0) is 18.9 Å². The zero-order valence-corrected chi connectivity index (χ0v) is 11.1. The van der Waals surface area contributed by atoms with Crippen molar-refractivity contribution >= 4 is 35.0 Å². The molecule has 0 atom stereocenters. The molecule has 1 aromatic heterocycles. The Morgan fingerprint density at radius 1 is 1.33 bits per heavy atom. The zero-order chi connectivity index (χ0) is 13.5. The van der Waals surface area contributed by atoms with Gasteiger partial charge in [0.15, 0.2) is 0 Å². The minimum absolute atomic E-state index is 0.162. The fraction of sp³-hybridized carbons (Fsp3) is 0.364. The summed E-state index contributed by atoms with van der Waals surface area (Å²) < 4.78 is 0. The Morgan fingerprint density at radius 2 is 2.06 bits per heavy atom. The van der Waals surface area contributed by atoms with E-state index in [0.29, 0.717) is 31.4 Å². The van der Waals surface area contributed by atoms with Crippen LogP contribution in [0.1, 0.15) is 29.6 Å². The molecule has 0 aliphatic rings. The van der Waals surface area contributed by atoms with Gasteiger partial charge in [-0.1, -0.05) is 23.2 Å². The second-order valence-electron chi connectivity index (χ2n) is 3.68. The van der Waals surface area contributed by atoms with Crippen LogP contribution in [0.25, 0.3) is 0 Å². The summed E-state index contributed by atoms with van der Waals surface area (Å²) in [6.07, 6.45) is 3.01. The van der Waals surface area contributed by atoms with Gasteiger partial charge in [0.25, 0.3) is 5.91 Å². The van der Waals surface area contributed by atoms with E-state index in [1.807, 2.05) is 0 Å². The molecule has 0 saturated carbocycles. The molecule has 0 aromatic carbocycles. The molecule has 5 nitrogen and oxygen atoms in total. The molecule has 0 spiro atoms. The summed E-state index contributed by atoms with van der Waals surface area (Å²) in [6, 6.07) is 1.45. The van der Waals surface area contributed by atoms with Gasteiger partial charge in [-0.2, -0.15) is 0 Å². The van der Waals surface area contributed by atoms with Gasteiger partial charge in [-0.15, -0.1) is 0 Å². The maximum Gasteiger partial charge on any atom is 0.252 e. The Hall–Kier alpha value is -1.33. The lowest BCUT2D eigenvalue weighted by Gasteiger charge is -2.05. The smallest absolute Gasteiger partial charge is 0.252 e. The number of hydrogen-bond acceptors (Lipinski definition) is 3. The van der Waals surface area contributed by atoms with Gasteiger partial charge in [0.1, 0.15) is 5.15 Å². The average Bonchev–Trinajstić information content (AvgIpc) is 2.31. The van der Waals surface area contributed by atoms with Gasteiger partial charge in [0.05, 0.1) is 10.6 Å². The molecule has 0 saturated heterocycles. The molecule has 1 heterocycles. The molecule has 0 aliphatic heterocycles. The van der Waals surface area contributed by atoms with E-state index in [1.54, 1.807) is 0 Å². The van der Waals surface area contributed by atoms with Crippen molar-refractivity contribution in [1.29, 1.82) is 0 Å². The fourth-order valence-corrected chi connectivity index (χ4v) is 1.54. The lowest BCUT2D eigenvalue weighted by Crippen LogP contribution is -2.24. The molecular weight excluding hydrogens is 277 g/mol. The predicted octanol–water partition coefficient (Wildman–Crippen LogP) is 1.77. The monoisotopic (exact) mass is 289 g/mol. The highest BCUT2D eigenvalue weighted by Gasteiger charge is 2.08. The number of unbranched alkanes of at least 4 members (excludes halogenated alkanes) is 1. The second-order valence-corrected chi connectivity index (χ2v) is 4.44. The minimum Gasteiger partial charge on any atom is -0.370 e. The SMILES string of the molecule is NC(=O)CCCCNC(=O)c1cnc(Cl)c(Cl)c1. The number of aromatic nitrogens is 1. The van der Waals surface area contributed by atoms with Gasteiger partial charge >= 0.3 is 0 Å². The summed E-state index contributed by atoms with van der Waals surface area (Å²) in [6.45, 7) is 0.465. The van der Waals surface area contributed by atoms with Crippen molar-refractivity contribution in [2.45, 2.75) is 19.3 Å². The van der Waals surface area contributed by atoms with E-state index < -0.39 is 0 Å². The number of hydrogen-bond donors (Lipinski definition) is 2. The summed E-state index contributed by atoms with van der Waals surface area (Å²) >= 11 is 11.4. The molecule has 0 aliphatic carbocycles. The van der Waals surface area contributed by atoms with Gasteiger partial charge in [-0.3, -0.25) is 9.59 Å². The summed E-state index contributed by atoms with van der Waals surface area (Å²) in [5.41, 5.74) is 5.34. The quantitative estimate of drug-likeness (QED) is 0.618. The van der Waals surface area contributed by atoms with Crippen LogP contribution >= 0.6 is 23.2 Å². The third-order valence-electron chi connectivity index (χ3n) is 2.19. The number of halogens is 2. The Balaban J connectivity index is 2.36. The Labute approximate surface area is 115 Å². The Kier molecular flexibility index (Phi) is 5.88. The number of nitrogens with zero attached hydrogens (tertiary/aromatic N) is 1. The zero-order valence-electron chi connectivity index (χ0n) is 9.58. The van der Waals surface area contributed by atoms with Crippen LogP contribution in [-0.4, -0.2) is 23.3 Å². The van der Waals surface area contributed by atoms with E-state index >= 15 is 0 Å². The summed E-state index contributed by atoms with van der Waals surface area (Å²) in [7, 11) is 0. The van der Waals surface area contributed by atoms with Crippen molar-refractivity contribution in [3.63, 3.8) is 0 Å². The summed E-state index contributed by atoms with van der Waals surface area (Å²) in [5.74, 6) is -0.616. The minimum atomic E-state index is -0.338. The second kappa shape index (κ2) is 7.18. The fourth-order valence-electron chi connectivity index (χ4n) is 1.27. The van der Waals surface area contributed by atoms with E-state index in [2.05, 4.69) is 10.3 Å². The molecule has 0 radical (unpaired) electrons. The third kappa shape index (κ3) is 4.89. The number of carbonyl (C=O) groups is 2. The lowest BCUT2D eigenvalue weighted by molar-refractivity contribution is -0.118. The number of pyridine rings is 1. The summed E-state index contributed by atoms with van der Waals surface area (Å²) in [5, 5.41) is 3.08. The van der Waals surface area contributed by atoms with Crippen molar-refractivity contribution in [1.82, 2.24) is 10.3 Å². The molecule has 0 unspecified atom stereocenters. The molecule has 98 valence electrons. The number of nitrogens with one attached hydrogen (secondary N) is 1. The molecule has 3 N–H and O–H groups in total. The average molecular weight is 290 g/mol. The van der Waals surface area contributed by atoms with Crippen molar-refractivity contribution < 1.29 is 9.59 Å². The van der Waals surface area contributed by atoms with E-state index in [-0.39, 0.29) is 22.0 Å². The molecule has 0 bridgehead atoms. The third-order valence-corrected chi connectivity index (χ3v) is 2.88. The number of primary amides is 1. The van der Waals surface area contributed by atoms with E-state index in [4.69, 9.17) is 28.9 Å². The van der Waals surface area contributed by atoms with Crippen LogP contribution in [0.15, 0.2) is 12.3 Å². The number of rotatable bonds is 6. The predicted molar refractivity (Wildman–Crippen MR) is 69.6 cm³/mol. The van der Waals surface area contributed by atoms with Gasteiger partial charge in [-0.25, -0.2) is 4.98 Å².